The van der Waals surface area contributed by atoms with Crippen molar-refractivity contribution in [1.82, 2.24) is 15.1 Å². The van der Waals surface area contributed by atoms with Crippen LogP contribution in [0.2, 0.25) is 0 Å². The van der Waals surface area contributed by atoms with Gasteiger partial charge in [-0.05, 0) is 13.0 Å². The molecule has 1 unspecified atom stereocenters. The van der Waals surface area contributed by atoms with Crippen molar-refractivity contribution in [2.75, 3.05) is 13.6 Å². The van der Waals surface area contributed by atoms with Crippen LogP contribution in [0.1, 0.15) is 23.1 Å². The second-order valence-electron chi connectivity index (χ2n) is 3.86. The normalized spacial score (nSPS) is 12.2. The number of nitrogens with one attached hydrogen (secondary N) is 1. The van der Waals surface area contributed by atoms with Gasteiger partial charge in [0.15, 0.2) is 0 Å². The smallest absolute Gasteiger partial charge is 0.308 e. The summed E-state index contributed by atoms with van der Waals surface area (Å²) in [5.41, 5.74) is 1.10. The van der Waals surface area contributed by atoms with Gasteiger partial charge in [0.25, 0.3) is 5.91 Å². The quantitative estimate of drug-likeness (QED) is 0.781. The van der Waals surface area contributed by atoms with E-state index in [9.17, 15) is 9.59 Å². The zero-order valence-corrected chi connectivity index (χ0v) is 9.52. The molecule has 0 saturated heterocycles. The Kier molecular flexibility index (Phi) is 3.65. The fourth-order valence-electron chi connectivity index (χ4n) is 1.29. The van der Waals surface area contributed by atoms with Crippen molar-refractivity contribution in [3.05, 3.63) is 17.5 Å². The molecule has 0 aliphatic carbocycles. The molecule has 1 amide bonds. The zero-order valence-electron chi connectivity index (χ0n) is 9.52. The van der Waals surface area contributed by atoms with E-state index in [1.807, 2.05) is 0 Å². The van der Waals surface area contributed by atoms with E-state index in [0.717, 1.165) is 5.69 Å². The summed E-state index contributed by atoms with van der Waals surface area (Å²) in [6.45, 7) is 3.52. The van der Waals surface area contributed by atoms with Gasteiger partial charge in [0.1, 0.15) is 5.69 Å². The average Bonchev–Trinajstić information content (AvgIpc) is 2.63. The Labute approximate surface area is 93.3 Å². The minimum atomic E-state index is -0.919. The Morgan fingerprint density at radius 2 is 2.25 bits per heavy atom. The number of amides is 1. The molecule has 0 aliphatic rings. The van der Waals surface area contributed by atoms with Gasteiger partial charge in [0, 0.05) is 19.3 Å². The summed E-state index contributed by atoms with van der Waals surface area (Å²) in [5.74, 6) is -1.79. The molecule has 1 rings (SSSR count). The van der Waals surface area contributed by atoms with E-state index in [2.05, 4.69) is 10.2 Å². The summed E-state index contributed by atoms with van der Waals surface area (Å²) in [6.07, 6.45) is 0. The minimum absolute atomic E-state index is 0.167. The van der Waals surface area contributed by atoms with Crippen molar-refractivity contribution < 1.29 is 14.7 Å². The van der Waals surface area contributed by atoms with Crippen molar-refractivity contribution in [3.63, 3.8) is 0 Å². The van der Waals surface area contributed by atoms with Crippen molar-refractivity contribution in [2.24, 2.45) is 5.92 Å². The number of carboxylic acids is 1. The van der Waals surface area contributed by atoms with Gasteiger partial charge in [-0.2, -0.15) is 5.10 Å². The van der Waals surface area contributed by atoms with E-state index in [4.69, 9.17) is 5.11 Å². The second-order valence-corrected chi connectivity index (χ2v) is 3.86. The van der Waals surface area contributed by atoms with Gasteiger partial charge in [0.2, 0.25) is 0 Å². The first-order chi connectivity index (χ1) is 7.41. The van der Waals surface area contributed by atoms with E-state index < -0.39 is 11.9 Å². The summed E-state index contributed by atoms with van der Waals surface area (Å²) in [5, 5.41) is 15.2. The lowest BCUT2D eigenvalue weighted by Gasteiger charge is -2.18. The number of hydrogen-bond acceptors (Lipinski definition) is 3. The molecule has 1 aromatic rings. The summed E-state index contributed by atoms with van der Waals surface area (Å²) < 4.78 is 0. The highest BCUT2D eigenvalue weighted by Gasteiger charge is 2.19. The van der Waals surface area contributed by atoms with Crippen LogP contribution in [-0.4, -0.2) is 45.7 Å². The lowest BCUT2D eigenvalue weighted by Crippen LogP contribution is -2.33. The fraction of sp³-hybridized carbons (Fsp3) is 0.500. The summed E-state index contributed by atoms with van der Waals surface area (Å²) >= 11 is 0. The highest BCUT2D eigenvalue weighted by molar-refractivity contribution is 5.92. The number of carbonyl (C=O) groups is 2. The number of carbonyl (C=O) groups excluding carboxylic acids is 1. The van der Waals surface area contributed by atoms with Crippen LogP contribution < -0.4 is 0 Å². The number of H-pyrrole nitrogens is 1. The third kappa shape index (κ3) is 2.82. The zero-order chi connectivity index (χ0) is 12.3. The van der Waals surface area contributed by atoms with E-state index >= 15 is 0 Å². The molecular weight excluding hydrogens is 210 g/mol. The molecular formula is C10H15N3O3. The first-order valence-corrected chi connectivity index (χ1v) is 4.92. The summed E-state index contributed by atoms with van der Waals surface area (Å²) in [6, 6.07) is 1.63. The number of aryl methyl sites for hydroxylation is 1. The predicted molar refractivity (Wildman–Crippen MR) is 57.1 cm³/mol. The van der Waals surface area contributed by atoms with Crippen molar-refractivity contribution in [3.8, 4) is 0 Å². The maximum atomic E-state index is 11.8. The van der Waals surface area contributed by atoms with Crippen LogP contribution in [-0.2, 0) is 4.79 Å². The monoisotopic (exact) mass is 225 g/mol. The molecule has 6 heteroatoms. The van der Waals surface area contributed by atoms with Gasteiger partial charge >= 0.3 is 5.97 Å². The van der Waals surface area contributed by atoms with Crippen LogP contribution in [0, 0.1) is 12.8 Å². The van der Waals surface area contributed by atoms with E-state index in [-0.39, 0.29) is 12.5 Å². The number of rotatable bonds is 4. The van der Waals surface area contributed by atoms with Gasteiger partial charge in [-0.3, -0.25) is 14.7 Å². The SMILES string of the molecule is Cc1cc(C(=O)N(C)CC(C)C(=O)O)n[nH]1. The Morgan fingerprint density at radius 3 is 2.69 bits per heavy atom. The van der Waals surface area contributed by atoms with E-state index in [0.29, 0.717) is 5.69 Å². The van der Waals surface area contributed by atoms with Gasteiger partial charge in [-0.1, -0.05) is 6.92 Å². The highest BCUT2D eigenvalue weighted by atomic mass is 16.4. The molecule has 0 spiro atoms. The molecule has 1 heterocycles. The lowest BCUT2D eigenvalue weighted by atomic mass is 10.1. The van der Waals surface area contributed by atoms with E-state index in [1.165, 1.54) is 4.90 Å². The topological polar surface area (TPSA) is 86.3 Å². The van der Waals surface area contributed by atoms with Gasteiger partial charge < -0.3 is 10.0 Å². The lowest BCUT2D eigenvalue weighted by molar-refractivity contribution is -0.141. The predicted octanol–water partition coefficient (Wildman–Crippen LogP) is 0.511. The molecule has 0 aromatic carbocycles. The average molecular weight is 225 g/mol. The van der Waals surface area contributed by atoms with E-state index in [1.54, 1.807) is 27.0 Å². The number of nitrogens with zero attached hydrogens (tertiary/aromatic N) is 2. The number of aliphatic carboxylic acids is 1. The molecule has 0 aliphatic heterocycles. The van der Waals surface area contributed by atoms with Crippen LogP contribution in [0.15, 0.2) is 6.07 Å². The van der Waals surface area contributed by atoms with Crippen LogP contribution in [0.5, 0.6) is 0 Å². The first-order valence-electron chi connectivity index (χ1n) is 4.92. The highest BCUT2D eigenvalue weighted by Crippen LogP contribution is 2.05. The Hall–Kier alpha value is -1.85. The third-order valence-corrected chi connectivity index (χ3v) is 2.24. The molecule has 1 aromatic heterocycles. The molecule has 1 atom stereocenters. The van der Waals surface area contributed by atoms with Gasteiger partial charge in [-0.25, -0.2) is 0 Å². The van der Waals surface area contributed by atoms with Crippen LogP contribution in [0.3, 0.4) is 0 Å². The Morgan fingerprint density at radius 1 is 1.62 bits per heavy atom. The first kappa shape index (κ1) is 12.2. The molecule has 2 N–H and O–H groups in total. The Bertz CT molecular complexity index is 400. The molecule has 6 nitrogen and oxygen atoms in total. The van der Waals surface area contributed by atoms with Crippen LogP contribution >= 0.6 is 0 Å². The van der Waals surface area contributed by atoms with Crippen molar-refractivity contribution in [1.29, 1.82) is 0 Å². The molecule has 16 heavy (non-hydrogen) atoms. The maximum Gasteiger partial charge on any atom is 0.308 e. The largest absolute Gasteiger partial charge is 0.481 e. The Balaban J connectivity index is 2.64. The molecule has 0 radical (unpaired) electrons. The van der Waals surface area contributed by atoms with Crippen LogP contribution in [0.25, 0.3) is 0 Å². The van der Waals surface area contributed by atoms with Crippen LogP contribution in [0.4, 0.5) is 0 Å². The number of hydrogen-bond donors (Lipinski definition) is 2. The van der Waals surface area contributed by atoms with Crippen molar-refractivity contribution in [2.45, 2.75) is 13.8 Å². The molecule has 0 fully saturated rings. The minimum Gasteiger partial charge on any atom is -0.481 e. The van der Waals surface area contributed by atoms with Crippen molar-refractivity contribution >= 4 is 11.9 Å². The molecule has 0 saturated carbocycles. The third-order valence-electron chi connectivity index (χ3n) is 2.24. The summed E-state index contributed by atoms with van der Waals surface area (Å²) in [4.78, 5) is 23.8. The number of carboxylic acid groups (broad SMARTS) is 1. The fourth-order valence-corrected chi connectivity index (χ4v) is 1.29. The summed E-state index contributed by atoms with van der Waals surface area (Å²) in [7, 11) is 1.56. The standard InChI is InChI=1S/C10H15N3O3/c1-6(10(15)16)5-13(3)9(14)8-4-7(2)11-12-8/h4,6H,5H2,1-3H3,(H,11,12)(H,15,16). The maximum absolute atomic E-state index is 11.8. The van der Waals surface area contributed by atoms with Gasteiger partial charge in [0.05, 0.1) is 5.92 Å². The molecule has 88 valence electrons. The van der Waals surface area contributed by atoms with Gasteiger partial charge in [-0.15, -0.1) is 0 Å². The number of aromatic amines is 1. The second kappa shape index (κ2) is 4.78. The number of aromatic nitrogens is 2. The molecule has 0 bridgehead atoms.